The van der Waals surface area contributed by atoms with Crippen molar-refractivity contribution >= 4 is 22.9 Å². The monoisotopic (exact) mass is 289 g/mol. The summed E-state index contributed by atoms with van der Waals surface area (Å²) in [4.78, 5) is 21.3. The third-order valence-electron chi connectivity index (χ3n) is 3.83. The molecule has 1 aliphatic heterocycles. The molecular formula is C14H23N7. The van der Waals surface area contributed by atoms with Crippen LogP contribution in [-0.4, -0.2) is 64.6 Å². The highest BCUT2D eigenvalue weighted by Gasteiger charge is 2.28. The molecule has 7 heteroatoms. The minimum atomic E-state index is 0.496. The van der Waals surface area contributed by atoms with E-state index in [2.05, 4.69) is 44.2 Å². The SMILES string of the molecule is CCNc1nc(N2CCCC2CN(C)C)c2[nH]cnc2n1. The van der Waals surface area contributed by atoms with Crippen LogP contribution in [0.1, 0.15) is 19.8 Å². The van der Waals surface area contributed by atoms with Crippen molar-refractivity contribution in [2.75, 3.05) is 43.9 Å². The number of nitrogens with one attached hydrogen (secondary N) is 2. The summed E-state index contributed by atoms with van der Waals surface area (Å²) >= 11 is 0. The van der Waals surface area contributed by atoms with Crippen molar-refractivity contribution in [2.24, 2.45) is 0 Å². The van der Waals surface area contributed by atoms with Gasteiger partial charge in [-0.3, -0.25) is 0 Å². The van der Waals surface area contributed by atoms with Gasteiger partial charge >= 0.3 is 0 Å². The van der Waals surface area contributed by atoms with Crippen LogP contribution in [0.15, 0.2) is 6.33 Å². The molecule has 21 heavy (non-hydrogen) atoms. The maximum atomic E-state index is 4.72. The highest BCUT2D eigenvalue weighted by molar-refractivity contribution is 5.84. The Balaban J connectivity index is 1.99. The molecule has 1 fully saturated rings. The standard InChI is InChI=1S/C14H23N7/c1-4-15-14-18-12-11(16-9-17-12)13(19-14)21-7-5-6-10(21)8-20(2)3/h9-10H,4-8H2,1-3H3,(H2,15,16,17,18,19). The van der Waals surface area contributed by atoms with Crippen molar-refractivity contribution in [3.8, 4) is 0 Å². The van der Waals surface area contributed by atoms with Crippen molar-refractivity contribution in [2.45, 2.75) is 25.8 Å². The van der Waals surface area contributed by atoms with Gasteiger partial charge in [-0.05, 0) is 33.9 Å². The molecule has 3 heterocycles. The summed E-state index contributed by atoms with van der Waals surface area (Å²) in [6.45, 7) is 4.92. The number of aromatic amines is 1. The van der Waals surface area contributed by atoms with Gasteiger partial charge in [-0.1, -0.05) is 0 Å². The maximum Gasteiger partial charge on any atom is 0.226 e. The van der Waals surface area contributed by atoms with E-state index < -0.39 is 0 Å². The van der Waals surface area contributed by atoms with Gasteiger partial charge in [-0.15, -0.1) is 0 Å². The van der Waals surface area contributed by atoms with Gasteiger partial charge in [-0.2, -0.15) is 9.97 Å². The molecule has 1 saturated heterocycles. The average Bonchev–Trinajstić information content (AvgIpc) is 3.06. The zero-order chi connectivity index (χ0) is 14.8. The Kier molecular flexibility index (Phi) is 3.92. The Bertz CT molecular complexity index is 606. The molecule has 0 aromatic carbocycles. The van der Waals surface area contributed by atoms with Gasteiger partial charge in [0.2, 0.25) is 5.95 Å². The van der Waals surface area contributed by atoms with Crippen LogP contribution in [0.4, 0.5) is 11.8 Å². The van der Waals surface area contributed by atoms with Crippen molar-refractivity contribution in [1.29, 1.82) is 0 Å². The molecule has 1 atom stereocenters. The van der Waals surface area contributed by atoms with Crippen LogP contribution in [0.3, 0.4) is 0 Å². The van der Waals surface area contributed by atoms with Crippen LogP contribution in [-0.2, 0) is 0 Å². The Labute approximate surface area is 124 Å². The number of H-pyrrole nitrogens is 1. The Morgan fingerprint density at radius 2 is 2.29 bits per heavy atom. The average molecular weight is 289 g/mol. The summed E-state index contributed by atoms with van der Waals surface area (Å²) in [6, 6.07) is 0.496. The lowest BCUT2D eigenvalue weighted by Crippen LogP contribution is -2.38. The number of hydrogen-bond donors (Lipinski definition) is 2. The van der Waals surface area contributed by atoms with Gasteiger partial charge in [0.1, 0.15) is 5.52 Å². The molecule has 7 nitrogen and oxygen atoms in total. The molecule has 1 aliphatic rings. The second-order valence-corrected chi connectivity index (χ2v) is 5.75. The van der Waals surface area contributed by atoms with Gasteiger partial charge in [-0.25, -0.2) is 4.98 Å². The van der Waals surface area contributed by atoms with Crippen molar-refractivity contribution in [1.82, 2.24) is 24.8 Å². The number of anilines is 2. The van der Waals surface area contributed by atoms with Crippen LogP contribution in [0.25, 0.3) is 11.2 Å². The summed E-state index contributed by atoms with van der Waals surface area (Å²) in [5, 5.41) is 3.20. The Morgan fingerprint density at radius 3 is 3.05 bits per heavy atom. The van der Waals surface area contributed by atoms with Gasteiger partial charge < -0.3 is 20.1 Å². The van der Waals surface area contributed by atoms with E-state index in [0.717, 1.165) is 36.6 Å². The van der Waals surface area contributed by atoms with Gasteiger partial charge in [0, 0.05) is 25.7 Å². The predicted molar refractivity (Wildman–Crippen MR) is 84.8 cm³/mol. The molecule has 0 bridgehead atoms. The van der Waals surface area contributed by atoms with E-state index in [1.54, 1.807) is 6.33 Å². The first-order valence-corrected chi connectivity index (χ1v) is 7.55. The zero-order valence-corrected chi connectivity index (χ0v) is 12.9. The first kappa shape index (κ1) is 14.1. The number of nitrogens with zero attached hydrogens (tertiary/aromatic N) is 5. The van der Waals surface area contributed by atoms with Crippen LogP contribution in [0, 0.1) is 0 Å². The van der Waals surface area contributed by atoms with E-state index in [9.17, 15) is 0 Å². The minimum Gasteiger partial charge on any atom is -0.354 e. The molecule has 2 N–H and O–H groups in total. The van der Waals surface area contributed by atoms with E-state index in [-0.39, 0.29) is 0 Å². The lowest BCUT2D eigenvalue weighted by Gasteiger charge is -2.28. The topological polar surface area (TPSA) is 73.0 Å². The summed E-state index contributed by atoms with van der Waals surface area (Å²) < 4.78 is 0. The third-order valence-corrected chi connectivity index (χ3v) is 3.83. The van der Waals surface area contributed by atoms with Crippen LogP contribution >= 0.6 is 0 Å². The first-order valence-electron chi connectivity index (χ1n) is 7.55. The molecule has 3 rings (SSSR count). The normalized spacial score (nSPS) is 18.9. The fourth-order valence-corrected chi connectivity index (χ4v) is 2.99. The lowest BCUT2D eigenvalue weighted by atomic mass is 10.2. The summed E-state index contributed by atoms with van der Waals surface area (Å²) in [7, 11) is 4.23. The number of rotatable bonds is 5. The molecule has 2 aromatic heterocycles. The van der Waals surface area contributed by atoms with Gasteiger partial charge in [0.25, 0.3) is 0 Å². The Hall–Kier alpha value is -1.89. The predicted octanol–water partition coefficient (Wildman–Crippen LogP) is 1.32. The van der Waals surface area contributed by atoms with Crippen LogP contribution in [0.2, 0.25) is 0 Å². The van der Waals surface area contributed by atoms with Gasteiger partial charge in [0.05, 0.1) is 6.33 Å². The maximum absolute atomic E-state index is 4.72. The molecule has 0 radical (unpaired) electrons. The van der Waals surface area contributed by atoms with E-state index in [0.29, 0.717) is 12.0 Å². The molecule has 0 saturated carbocycles. The molecule has 0 spiro atoms. The number of fused-ring (bicyclic) bond motifs is 1. The molecule has 2 aromatic rings. The van der Waals surface area contributed by atoms with Crippen LogP contribution in [0.5, 0.6) is 0 Å². The van der Waals surface area contributed by atoms with Gasteiger partial charge in [0.15, 0.2) is 11.5 Å². The van der Waals surface area contributed by atoms with Crippen LogP contribution < -0.4 is 10.2 Å². The summed E-state index contributed by atoms with van der Waals surface area (Å²) in [5.41, 5.74) is 1.66. The smallest absolute Gasteiger partial charge is 0.226 e. The lowest BCUT2D eigenvalue weighted by molar-refractivity contribution is 0.371. The van der Waals surface area contributed by atoms with Crippen molar-refractivity contribution in [3.63, 3.8) is 0 Å². The quantitative estimate of drug-likeness (QED) is 0.865. The summed E-state index contributed by atoms with van der Waals surface area (Å²) in [6.07, 6.45) is 4.10. The van der Waals surface area contributed by atoms with E-state index in [4.69, 9.17) is 4.98 Å². The second kappa shape index (κ2) is 5.85. The minimum absolute atomic E-state index is 0.496. The third kappa shape index (κ3) is 2.78. The Morgan fingerprint density at radius 1 is 1.43 bits per heavy atom. The van der Waals surface area contributed by atoms with E-state index >= 15 is 0 Å². The van der Waals surface area contributed by atoms with E-state index in [1.165, 1.54) is 12.8 Å². The number of likely N-dealkylation sites (N-methyl/N-ethyl adjacent to an activating group) is 1. The molecule has 114 valence electrons. The molecule has 0 aliphatic carbocycles. The van der Waals surface area contributed by atoms with Crippen molar-refractivity contribution in [3.05, 3.63) is 6.33 Å². The molecule has 1 unspecified atom stereocenters. The van der Waals surface area contributed by atoms with Crippen molar-refractivity contribution < 1.29 is 0 Å². The number of imidazole rings is 1. The summed E-state index contributed by atoms with van der Waals surface area (Å²) in [5.74, 6) is 1.63. The fourth-order valence-electron chi connectivity index (χ4n) is 2.99. The second-order valence-electron chi connectivity index (χ2n) is 5.75. The first-order chi connectivity index (χ1) is 10.2. The fraction of sp³-hybridized carbons (Fsp3) is 0.643. The number of hydrogen-bond acceptors (Lipinski definition) is 6. The largest absolute Gasteiger partial charge is 0.354 e. The highest BCUT2D eigenvalue weighted by Crippen LogP contribution is 2.29. The van der Waals surface area contributed by atoms with E-state index in [1.807, 2.05) is 6.92 Å². The zero-order valence-electron chi connectivity index (χ0n) is 12.9. The molecule has 0 amide bonds. The molecular weight excluding hydrogens is 266 g/mol. The highest BCUT2D eigenvalue weighted by atomic mass is 15.3. The number of aromatic nitrogens is 4.